The van der Waals surface area contributed by atoms with Gasteiger partial charge in [0.2, 0.25) is 0 Å². The Morgan fingerprint density at radius 2 is 1.46 bits per heavy atom. The third kappa shape index (κ3) is 3.87. The maximum atomic E-state index is 2.88. The van der Waals surface area contributed by atoms with Gasteiger partial charge in [-0.1, -0.05) is 91.3 Å². The Morgan fingerprint density at radius 1 is 0.660 bits per heavy atom. The molecule has 254 valence electrons. The molecule has 0 aromatic rings. The maximum Gasteiger partial charge on any atom is 0.0536 e. The standard InChI is InChI=1S/C49H52S/c1-3-14-33-31(12-1)32-13-2-4-15-34(32)40-28-45-41(27-39(33)40)36-17-6-9-22-44(36)49(45)43-21-8-5-16-35(43)38-20-11-19-30(48(38)49)29-24-25-47-42(26-29)37-18-7-10-23-46(37)50-47/h3,8-10,14,19,21-25,27,31-34,37,42,45-46H,1-2,4-7,11-13,15-18,20,26,28H2. The van der Waals surface area contributed by atoms with Gasteiger partial charge in [-0.2, -0.15) is 0 Å². The van der Waals surface area contributed by atoms with E-state index in [4.69, 9.17) is 0 Å². The number of hydrogen-bond donors (Lipinski definition) is 0. The zero-order valence-corrected chi connectivity index (χ0v) is 30.6. The summed E-state index contributed by atoms with van der Waals surface area (Å²) in [5.41, 5.74) is 19.3. The highest BCUT2D eigenvalue weighted by atomic mass is 32.2. The number of fused-ring (bicyclic) bond motifs is 15. The van der Waals surface area contributed by atoms with Gasteiger partial charge in [0.15, 0.2) is 0 Å². The molecule has 9 atom stereocenters. The summed E-state index contributed by atoms with van der Waals surface area (Å²) in [7, 11) is 0. The van der Waals surface area contributed by atoms with Crippen LogP contribution in [0.3, 0.4) is 0 Å². The second-order valence-electron chi connectivity index (χ2n) is 17.9. The number of allylic oxidation sites excluding steroid dienone is 23. The van der Waals surface area contributed by atoms with Gasteiger partial charge in [0, 0.05) is 17.1 Å². The van der Waals surface area contributed by atoms with Gasteiger partial charge >= 0.3 is 0 Å². The Labute approximate surface area is 304 Å². The van der Waals surface area contributed by atoms with E-state index in [1.165, 1.54) is 103 Å². The molecule has 1 saturated heterocycles. The van der Waals surface area contributed by atoms with E-state index in [0.717, 1.165) is 29.6 Å². The second kappa shape index (κ2) is 11.1. The summed E-state index contributed by atoms with van der Waals surface area (Å²) >= 11 is 2.19. The lowest BCUT2D eigenvalue weighted by atomic mass is 9.52. The highest BCUT2D eigenvalue weighted by Crippen LogP contribution is 2.73. The molecule has 0 N–H and O–H groups in total. The molecule has 2 fully saturated rings. The van der Waals surface area contributed by atoms with Gasteiger partial charge in [-0.25, -0.2) is 0 Å². The Kier molecular flexibility index (Phi) is 6.62. The molecule has 1 spiro atoms. The normalized spacial score (nSPS) is 41.8. The first-order chi connectivity index (χ1) is 24.8. The SMILES string of the molecule is C1=CC2=C(CC1)C1=CC3=C(CC1C21C2=C(CCC=C2)C2=C1C(C1=CC=C4SC5C=CCCC5C4C1)=CCC2)C1CCCCC1C1CCC=CC31. The molecule has 0 bridgehead atoms. The highest BCUT2D eigenvalue weighted by molar-refractivity contribution is 8.04. The maximum absolute atomic E-state index is 2.88. The smallest absolute Gasteiger partial charge is 0.0536 e. The fourth-order valence-electron chi connectivity index (χ4n) is 14.3. The minimum absolute atomic E-state index is 0.0146. The summed E-state index contributed by atoms with van der Waals surface area (Å²) < 4.78 is 0. The van der Waals surface area contributed by atoms with Crippen molar-refractivity contribution < 1.29 is 0 Å². The summed E-state index contributed by atoms with van der Waals surface area (Å²) in [6.07, 6.45) is 52.5. The van der Waals surface area contributed by atoms with Crippen molar-refractivity contribution >= 4 is 11.8 Å². The van der Waals surface area contributed by atoms with Crippen LogP contribution in [0.4, 0.5) is 0 Å². The van der Waals surface area contributed by atoms with Crippen molar-refractivity contribution in [2.45, 2.75) is 108 Å². The van der Waals surface area contributed by atoms with Crippen molar-refractivity contribution in [3.05, 3.63) is 139 Å². The number of thioether (sulfide) groups is 1. The van der Waals surface area contributed by atoms with Crippen LogP contribution in [0.2, 0.25) is 0 Å². The van der Waals surface area contributed by atoms with Crippen LogP contribution in [-0.4, -0.2) is 5.25 Å². The molecule has 0 radical (unpaired) electrons. The third-order valence-corrected chi connectivity index (χ3v) is 17.6. The zero-order chi connectivity index (χ0) is 32.6. The molecule has 1 heteroatoms. The number of rotatable bonds is 1. The van der Waals surface area contributed by atoms with Crippen LogP contribution in [0, 0.1) is 46.8 Å². The highest BCUT2D eigenvalue weighted by Gasteiger charge is 2.61. The minimum Gasteiger partial charge on any atom is -0.122 e. The van der Waals surface area contributed by atoms with Gasteiger partial charge in [-0.05, 0) is 180 Å². The van der Waals surface area contributed by atoms with Gasteiger partial charge < -0.3 is 0 Å². The molecule has 0 aromatic carbocycles. The molecule has 0 nitrogen and oxygen atoms in total. The molecular formula is C49H52S. The Morgan fingerprint density at radius 3 is 2.38 bits per heavy atom. The molecule has 12 rings (SSSR count). The van der Waals surface area contributed by atoms with Gasteiger partial charge in [-0.3, -0.25) is 0 Å². The van der Waals surface area contributed by atoms with Crippen LogP contribution in [-0.2, 0) is 0 Å². The average molecular weight is 673 g/mol. The van der Waals surface area contributed by atoms with Crippen molar-refractivity contribution in [2.75, 3.05) is 0 Å². The van der Waals surface area contributed by atoms with Gasteiger partial charge in [0.1, 0.15) is 0 Å². The van der Waals surface area contributed by atoms with E-state index in [1.54, 1.807) is 60.6 Å². The third-order valence-electron chi connectivity index (χ3n) is 16.1. The zero-order valence-electron chi connectivity index (χ0n) is 29.8. The fraction of sp³-hybridized carbons (Fsp3) is 0.510. The van der Waals surface area contributed by atoms with E-state index >= 15 is 0 Å². The molecule has 1 saturated carbocycles. The summed E-state index contributed by atoms with van der Waals surface area (Å²) in [4.78, 5) is 1.68. The van der Waals surface area contributed by atoms with E-state index in [9.17, 15) is 0 Å². The molecule has 1 heterocycles. The topological polar surface area (TPSA) is 0 Å². The first-order valence-corrected chi connectivity index (χ1v) is 21.8. The van der Waals surface area contributed by atoms with Gasteiger partial charge in [0.25, 0.3) is 0 Å². The van der Waals surface area contributed by atoms with Gasteiger partial charge in [-0.15, -0.1) is 11.8 Å². The molecule has 50 heavy (non-hydrogen) atoms. The van der Waals surface area contributed by atoms with Crippen LogP contribution >= 0.6 is 11.8 Å². The minimum atomic E-state index is -0.0146. The lowest BCUT2D eigenvalue weighted by Gasteiger charge is -2.51. The quantitative estimate of drug-likeness (QED) is 0.250. The Balaban J connectivity index is 1.03. The summed E-state index contributed by atoms with van der Waals surface area (Å²) in [5, 5.41) is 0.699. The van der Waals surface area contributed by atoms with Crippen LogP contribution in [0.5, 0.6) is 0 Å². The van der Waals surface area contributed by atoms with Gasteiger partial charge in [0.05, 0.1) is 5.41 Å². The second-order valence-corrected chi connectivity index (χ2v) is 19.1. The van der Waals surface area contributed by atoms with E-state index in [2.05, 4.69) is 84.7 Å². The summed E-state index contributed by atoms with van der Waals surface area (Å²) in [5.74, 6) is 5.36. The van der Waals surface area contributed by atoms with Crippen molar-refractivity contribution in [3.8, 4) is 0 Å². The van der Waals surface area contributed by atoms with E-state index in [0.29, 0.717) is 17.1 Å². The Hall–Kier alpha value is -2.77. The summed E-state index contributed by atoms with van der Waals surface area (Å²) in [6.45, 7) is 0. The monoisotopic (exact) mass is 672 g/mol. The average Bonchev–Trinajstić information content (AvgIpc) is 3.81. The van der Waals surface area contributed by atoms with Crippen molar-refractivity contribution in [3.63, 3.8) is 0 Å². The molecule has 9 unspecified atom stereocenters. The predicted octanol–water partition coefficient (Wildman–Crippen LogP) is 12.9. The van der Waals surface area contributed by atoms with Crippen molar-refractivity contribution in [1.29, 1.82) is 0 Å². The first kappa shape index (κ1) is 29.8. The molecule has 0 aromatic heterocycles. The molecule has 0 amide bonds. The van der Waals surface area contributed by atoms with Crippen LogP contribution in [0.25, 0.3) is 0 Å². The first-order valence-electron chi connectivity index (χ1n) is 20.9. The van der Waals surface area contributed by atoms with Crippen molar-refractivity contribution in [2.24, 2.45) is 46.8 Å². The largest absolute Gasteiger partial charge is 0.122 e. The fourth-order valence-corrected chi connectivity index (χ4v) is 15.9. The molecule has 12 aliphatic rings. The van der Waals surface area contributed by atoms with Crippen molar-refractivity contribution in [1.82, 2.24) is 0 Å². The number of hydrogen-bond acceptors (Lipinski definition) is 1. The van der Waals surface area contributed by atoms with Crippen LogP contribution in [0.1, 0.15) is 103 Å². The molecule has 11 aliphatic carbocycles. The summed E-state index contributed by atoms with van der Waals surface area (Å²) in [6, 6.07) is 0. The van der Waals surface area contributed by atoms with Crippen LogP contribution in [0.15, 0.2) is 139 Å². The van der Waals surface area contributed by atoms with Crippen LogP contribution < -0.4 is 0 Å². The van der Waals surface area contributed by atoms with E-state index < -0.39 is 0 Å². The predicted molar refractivity (Wildman–Crippen MR) is 209 cm³/mol. The van der Waals surface area contributed by atoms with E-state index in [1.807, 2.05) is 5.57 Å². The lowest BCUT2D eigenvalue weighted by molar-refractivity contribution is 0.125. The lowest BCUT2D eigenvalue weighted by Crippen LogP contribution is -2.42. The Bertz CT molecular complexity index is 1980. The van der Waals surface area contributed by atoms with E-state index in [-0.39, 0.29) is 5.41 Å². The molecular weight excluding hydrogens is 621 g/mol. The molecule has 1 aliphatic heterocycles.